The van der Waals surface area contributed by atoms with Crippen molar-refractivity contribution in [2.75, 3.05) is 50.7 Å². The summed E-state index contributed by atoms with van der Waals surface area (Å²) in [6.45, 7) is 9.84. The van der Waals surface area contributed by atoms with E-state index < -0.39 is 27.9 Å². The van der Waals surface area contributed by atoms with Gasteiger partial charge in [0.25, 0.3) is 0 Å². The summed E-state index contributed by atoms with van der Waals surface area (Å²) < 4.78 is 57.6. The van der Waals surface area contributed by atoms with E-state index in [4.69, 9.17) is 4.74 Å². The molecular weight excluding hydrogens is 653 g/mol. The Labute approximate surface area is 271 Å². The molecule has 5 heterocycles. The van der Waals surface area contributed by atoms with E-state index in [-0.39, 0.29) is 30.3 Å². The van der Waals surface area contributed by atoms with Crippen molar-refractivity contribution >= 4 is 44.9 Å². The fourth-order valence-electron chi connectivity index (χ4n) is 4.74. The highest BCUT2D eigenvalue weighted by Crippen LogP contribution is 2.29. The van der Waals surface area contributed by atoms with Crippen LogP contribution in [0, 0.1) is 11.3 Å². The van der Waals surface area contributed by atoms with Crippen LogP contribution in [0.3, 0.4) is 0 Å². The Balaban J connectivity index is 0.000000717. The smallest absolute Gasteiger partial charge is 0.248 e. The molecule has 2 aliphatic rings. The summed E-state index contributed by atoms with van der Waals surface area (Å²) in [5, 5.41) is 12.6. The van der Waals surface area contributed by atoms with Gasteiger partial charge >= 0.3 is 0 Å². The predicted octanol–water partition coefficient (Wildman–Crippen LogP) is 3.04. The molecule has 0 aromatic carbocycles. The third-order valence-corrected chi connectivity index (χ3v) is 11.1. The summed E-state index contributed by atoms with van der Waals surface area (Å²) in [7, 11) is -8.36. The van der Waals surface area contributed by atoms with Gasteiger partial charge in [-0.2, -0.15) is 5.26 Å². The molecule has 0 spiro atoms. The molecule has 3 aromatic heterocycles. The van der Waals surface area contributed by atoms with Crippen molar-refractivity contribution in [1.82, 2.24) is 28.8 Å². The Hall–Kier alpha value is -3.05. The normalized spacial score (nSPS) is 18.0. The van der Waals surface area contributed by atoms with Crippen LogP contribution in [0.5, 0.6) is 0 Å². The molecule has 3 aromatic rings. The summed E-state index contributed by atoms with van der Waals surface area (Å²) in [6, 6.07) is 2.85. The number of ether oxygens (including phenoxy) is 1. The van der Waals surface area contributed by atoms with Gasteiger partial charge in [-0.3, -0.25) is 0 Å². The van der Waals surface area contributed by atoms with Gasteiger partial charge in [0.2, 0.25) is 25.0 Å². The van der Waals surface area contributed by atoms with Crippen LogP contribution < -0.4 is 5.32 Å². The van der Waals surface area contributed by atoms with Gasteiger partial charge in [0.05, 0.1) is 42.5 Å². The second kappa shape index (κ2) is 15.2. The Morgan fingerprint density at radius 2 is 1.78 bits per heavy atom. The minimum atomic E-state index is -3.72. The number of fused-ring (bicyclic) bond motifs is 1. The molecule has 2 saturated heterocycles. The van der Waals surface area contributed by atoms with Gasteiger partial charge in [-0.05, 0) is 31.7 Å². The van der Waals surface area contributed by atoms with Gasteiger partial charge in [0, 0.05) is 52.5 Å². The van der Waals surface area contributed by atoms with Crippen molar-refractivity contribution in [3.05, 3.63) is 24.2 Å². The van der Waals surface area contributed by atoms with E-state index >= 15 is 0 Å². The molecule has 252 valence electrons. The van der Waals surface area contributed by atoms with Crippen LogP contribution in [-0.4, -0.2) is 105 Å². The van der Waals surface area contributed by atoms with Crippen LogP contribution >= 0.6 is 0 Å². The topological polar surface area (TPSA) is 192 Å². The van der Waals surface area contributed by atoms with E-state index in [0.717, 1.165) is 44.6 Å². The van der Waals surface area contributed by atoms with Crippen LogP contribution in [0.15, 0.2) is 23.7 Å². The molecular formula is C28H42N8O7S2Si. The van der Waals surface area contributed by atoms with Crippen LogP contribution in [0.4, 0.5) is 5.82 Å². The Morgan fingerprint density at radius 3 is 2.37 bits per heavy atom. The Bertz CT molecular complexity index is 1760. The van der Waals surface area contributed by atoms with Crippen molar-refractivity contribution in [1.29, 1.82) is 5.26 Å². The van der Waals surface area contributed by atoms with Gasteiger partial charge in [-0.15, -0.1) is 0 Å². The van der Waals surface area contributed by atoms with Crippen molar-refractivity contribution in [2.24, 2.45) is 0 Å². The number of nitrogens with one attached hydrogen (secondary N) is 1. The molecule has 0 saturated carbocycles. The SMILES string of the molecule is C1CCOOC1.C[Si](C)(C)CCOCn1cc(C#N)c2nc(-c3cnc(S(C)(=O)=O)nc3NC3CCCN(S(C)(=O)=O)C3)cnc21. The summed E-state index contributed by atoms with van der Waals surface area (Å²) in [6.07, 6.45) is 10.3. The molecule has 1 N–H and O–H groups in total. The summed E-state index contributed by atoms with van der Waals surface area (Å²) in [5.41, 5.74) is 1.87. The third-order valence-electron chi connectivity index (χ3n) is 7.27. The van der Waals surface area contributed by atoms with Gasteiger partial charge < -0.3 is 14.6 Å². The predicted molar refractivity (Wildman–Crippen MR) is 175 cm³/mol. The summed E-state index contributed by atoms with van der Waals surface area (Å²) in [5.74, 6) is 0.192. The molecule has 2 aliphatic heterocycles. The number of sulfonamides is 1. The monoisotopic (exact) mass is 694 g/mol. The number of hydrogen-bond donors (Lipinski definition) is 1. The fourth-order valence-corrected chi connectivity index (χ4v) is 6.91. The number of aromatic nitrogens is 5. The molecule has 18 heteroatoms. The second-order valence-electron chi connectivity index (χ2n) is 12.5. The number of rotatable bonds is 10. The number of hydrogen-bond acceptors (Lipinski definition) is 13. The molecule has 46 heavy (non-hydrogen) atoms. The van der Waals surface area contributed by atoms with E-state index in [9.17, 15) is 22.1 Å². The van der Waals surface area contributed by atoms with Gasteiger partial charge in [0.15, 0.2) is 5.65 Å². The maximum absolute atomic E-state index is 12.2. The first-order valence-corrected chi connectivity index (χ1v) is 22.5. The molecule has 5 rings (SSSR count). The van der Waals surface area contributed by atoms with E-state index in [1.807, 2.05) is 0 Å². The number of piperidine rings is 1. The highest BCUT2D eigenvalue weighted by Gasteiger charge is 2.28. The van der Waals surface area contributed by atoms with Crippen molar-refractivity contribution in [2.45, 2.75) is 69.3 Å². The largest absolute Gasteiger partial charge is 0.365 e. The highest BCUT2D eigenvalue weighted by atomic mass is 32.2. The van der Waals surface area contributed by atoms with Crippen LogP contribution in [0.2, 0.25) is 25.7 Å². The molecule has 0 amide bonds. The second-order valence-corrected chi connectivity index (χ2v) is 22.1. The molecule has 0 aliphatic carbocycles. The van der Waals surface area contributed by atoms with Gasteiger partial charge in [0.1, 0.15) is 24.1 Å². The minimum Gasteiger partial charge on any atom is -0.365 e. The first kappa shape index (κ1) is 35.8. The number of nitriles is 1. The Morgan fingerprint density at radius 1 is 1.07 bits per heavy atom. The zero-order valence-electron chi connectivity index (χ0n) is 26.9. The summed E-state index contributed by atoms with van der Waals surface area (Å²) in [4.78, 5) is 26.7. The van der Waals surface area contributed by atoms with Crippen LogP contribution in [0.25, 0.3) is 22.4 Å². The van der Waals surface area contributed by atoms with E-state index in [0.29, 0.717) is 54.0 Å². The quantitative estimate of drug-likeness (QED) is 0.141. The van der Waals surface area contributed by atoms with E-state index in [1.165, 1.54) is 16.7 Å². The summed E-state index contributed by atoms with van der Waals surface area (Å²) >= 11 is 0. The number of sulfone groups is 1. The first-order valence-electron chi connectivity index (χ1n) is 15.0. The van der Waals surface area contributed by atoms with Crippen molar-refractivity contribution in [3.63, 3.8) is 0 Å². The van der Waals surface area contributed by atoms with E-state index in [1.54, 1.807) is 10.8 Å². The average Bonchev–Trinajstić information content (AvgIpc) is 3.36. The van der Waals surface area contributed by atoms with Gasteiger partial charge in [-0.25, -0.2) is 50.9 Å². The Kier molecular flexibility index (Phi) is 11.9. The zero-order chi connectivity index (χ0) is 33.5. The first-order chi connectivity index (χ1) is 21.7. The van der Waals surface area contributed by atoms with Crippen LogP contribution in [0.1, 0.15) is 31.2 Å². The molecule has 1 unspecified atom stereocenters. The maximum Gasteiger partial charge on any atom is 0.248 e. The number of anilines is 1. The average molecular weight is 695 g/mol. The molecule has 1 atom stereocenters. The maximum atomic E-state index is 12.2. The minimum absolute atomic E-state index is 0.192. The lowest BCUT2D eigenvalue weighted by atomic mass is 10.1. The molecule has 2 fully saturated rings. The standard InChI is InChI=1S/C24H34N8O5S2Si.C4H8O2/c1-38(33,34)24-27-12-19(22(30-24)28-18-7-6-8-32(15-18)39(2,35)36)20-13-26-23-21(29-20)17(11-25)14-31(23)16-37-9-10-40(3,4)5;1-2-4-6-5-3-1/h12-14,18H,6-10,15-16H2,1-5H3,(H,27,28,30);1-4H2. The highest BCUT2D eigenvalue weighted by molar-refractivity contribution is 7.90. The van der Waals surface area contributed by atoms with Gasteiger partial charge in [-0.1, -0.05) is 19.6 Å². The zero-order valence-corrected chi connectivity index (χ0v) is 29.5. The molecule has 0 bridgehead atoms. The third kappa shape index (κ3) is 9.97. The van der Waals surface area contributed by atoms with Crippen molar-refractivity contribution < 1.29 is 31.3 Å². The lowest BCUT2D eigenvalue weighted by Gasteiger charge is -2.32. The van der Waals surface area contributed by atoms with Crippen molar-refractivity contribution in [3.8, 4) is 17.3 Å². The molecule has 0 radical (unpaired) electrons. The van der Waals surface area contributed by atoms with Crippen LogP contribution in [-0.2, 0) is 41.1 Å². The fraction of sp³-hybridized carbons (Fsp3) is 0.607. The van der Waals surface area contributed by atoms with E-state index in [2.05, 4.69) is 60.7 Å². The number of nitrogens with zero attached hydrogens (tertiary/aromatic N) is 7. The lowest BCUT2D eigenvalue weighted by molar-refractivity contribution is -0.312. The molecule has 15 nitrogen and oxygen atoms in total. The lowest BCUT2D eigenvalue weighted by Crippen LogP contribution is -2.44.